The molecule has 0 fully saturated rings. The summed E-state index contributed by atoms with van der Waals surface area (Å²) in [6, 6.07) is 5.75. The van der Waals surface area contributed by atoms with Gasteiger partial charge in [0.1, 0.15) is 5.75 Å². The van der Waals surface area contributed by atoms with Gasteiger partial charge in [0.2, 0.25) is 0 Å². The maximum Gasteiger partial charge on any atom is 0.152 e. The van der Waals surface area contributed by atoms with Crippen LogP contribution in [0, 0.1) is 6.92 Å². The van der Waals surface area contributed by atoms with E-state index in [9.17, 15) is 0 Å². The Kier molecular flexibility index (Phi) is 3.47. The average molecular weight is 311 g/mol. The Balaban J connectivity index is 2.34. The molecule has 0 atom stereocenters. The van der Waals surface area contributed by atoms with Crippen LogP contribution >= 0.6 is 15.9 Å². The van der Waals surface area contributed by atoms with Gasteiger partial charge in [0, 0.05) is 18.8 Å². The van der Waals surface area contributed by atoms with Gasteiger partial charge in [0.15, 0.2) is 5.82 Å². The Labute approximate surface area is 114 Å². The average Bonchev–Trinajstić information content (AvgIpc) is 2.58. The summed E-state index contributed by atoms with van der Waals surface area (Å²) in [6.07, 6.45) is 0. The van der Waals surface area contributed by atoms with Gasteiger partial charge in [-0.2, -0.15) is 5.10 Å². The molecule has 0 bridgehead atoms. The molecular weight excluding hydrogens is 296 g/mol. The van der Waals surface area contributed by atoms with Gasteiger partial charge in [0.25, 0.3) is 0 Å². The maximum atomic E-state index is 5.97. The Bertz CT molecular complexity index is 580. The van der Waals surface area contributed by atoms with Crippen molar-refractivity contribution in [1.82, 2.24) is 9.78 Å². The molecule has 1 heterocycles. The molecule has 5 nitrogen and oxygen atoms in total. The van der Waals surface area contributed by atoms with Crippen molar-refractivity contribution < 1.29 is 4.74 Å². The molecule has 0 radical (unpaired) electrons. The molecule has 0 amide bonds. The Morgan fingerprint density at radius 2 is 2.17 bits per heavy atom. The van der Waals surface area contributed by atoms with E-state index in [-0.39, 0.29) is 0 Å². The Morgan fingerprint density at radius 1 is 1.44 bits per heavy atom. The lowest BCUT2D eigenvalue weighted by molar-refractivity contribution is 0.412. The molecule has 0 saturated carbocycles. The third-order valence-electron chi connectivity index (χ3n) is 2.68. The summed E-state index contributed by atoms with van der Waals surface area (Å²) in [7, 11) is 3.48. The van der Waals surface area contributed by atoms with E-state index in [2.05, 4.69) is 26.3 Å². The topological polar surface area (TPSA) is 65.1 Å². The van der Waals surface area contributed by atoms with Crippen molar-refractivity contribution in [3.05, 3.63) is 28.4 Å². The zero-order chi connectivity index (χ0) is 13.3. The van der Waals surface area contributed by atoms with E-state index in [4.69, 9.17) is 10.5 Å². The number of rotatable bonds is 3. The second kappa shape index (κ2) is 4.89. The highest BCUT2D eigenvalue weighted by molar-refractivity contribution is 9.10. The molecule has 0 aliphatic rings. The number of ether oxygens (including phenoxy) is 1. The van der Waals surface area contributed by atoms with Gasteiger partial charge in [-0.3, -0.25) is 4.68 Å². The minimum atomic E-state index is 0.652. The van der Waals surface area contributed by atoms with Gasteiger partial charge in [-0.1, -0.05) is 0 Å². The van der Waals surface area contributed by atoms with Crippen LogP contribution in [0.15, 0.2) is 22.7 Å². The van der Waals surface area contributed by atoms with Crippen molar-refractivity contribution in [2.24, 2.45) is 7.05 Å². The molecule has 0 aliphatic heterocycles. The van der Waals surface area contributed by atoms with Gasteiger partial charge in [-0.25, -0.2) is 0 Å². The lowest BCUT2D eigenvalue weighted by Gasteiger charge is -2.10. The first-order valence-electron chi connectivity index (χ1n) is 5.42. The third-order valence-corrected chi connectivity index (χ3v) is 3.34. The molecule has 6 heteroatoms. The second-order valence-electron chi connectivity index (χ2n) is 3.95. The SMILES string of the molecule is COc1cc(Nc2c(N)c(C)nn2C)ccc1Br. The number of nitrogens with one attached hydrogen (secondary N) is 1. The number of aryl methyl sites for hydroxylation is 2. The molecule has 0 unspecified atom stereocenters. The van der Waals surface area contributed by atoms with Crippen LogP contribution in [0.5, 0.6) is 5.75 Å². The van der Waals surface area contributed by atoms with E-state index in [0.29, 0.717) is 5.69 Å². The van der Waals surface area contributed by atoms with Gasteiger partial charge >= 0.3 is 0 Å². The number of nitrogens with two attached hydrogens (primary N) is 1. The Morgan fingerprint density at radius 3 is 2.72 bits per heavy atom. The molecule has 1 aromatic heterocycles. The van der Waals surface area contributed by atoms with E-state index in [0.717, 1.165) is 27.4 Å². The van der Waals surface area contributed by atoms with Crippen LogP contribution in [0.2, 0.25) is 0 Å². The molecule has 1 aromatic carbocycles. The van der Waals surface area contributed by atoms with Crippen LogP contribution in [0.25, 0.3) is 0 Å². The summed E-state index contributed by atoms with van der Waals surface area (Å²) in [5, 5.41) is 7.49. The van der Waals surface area contributed by atoms with Crippen LogP contribution < -0.4 is 15.8 Å². The molecule has 3 N–H and O–H groups in total. The first kappa shape index (κ1) is 12.8. The van der Waals surface area contributed by atoms with Crippen LogP contribution in [-0.4, -0.2) is 16.9 Å². The minimum Gasteiger partial charge on any atom is -0.495 e. The van der Waals surface area contributed by atoms with Crippen molar-refractivity contribution in [2.75, 3.05) is 18.2 Å². The summed E-state index contributed by atoms with van der Waals surface area (Å²) in [5.41, 5.74) is 8.32. The van der Waals surface area contributed by atoms with Gasteiger partial charge in [0.05, 0.1) is 23.0 Å². The number of nitrogen functional groups attached to an aromatic ring is 1. The monoisotopic (exact) mass is 310 g/mol. The molecular formula is C12H15BrN4O. The van der Waals surface area contributed by atoms with Crippen molar-refractivity contribution in [3.8, 4) is 5.75 Å². The first-order valence-corrected chi connectivity index (χ1v) is 6.22. The van der Waals surface area contributed by atoms with Crippen LogP contribution in [0.4, 0.5) is 17.2 Å². The second-order valence-corrected chi connectivity index (χ2v) is 4.80. The number of hydrogen-bond donors (Lipinski definition) is 2. The lowest BCUT2D eigenvalue weighted by atomic mass is 10.3. The number of halogens is 1. The highest BCUT2D eigenvalue weighted by Gasteiger charge is 2.10. The normalized spacial score (nSPS) is 10.4. The van der Waals surface area contributed by atoms with Crippen molar-refractivity contribution in [3.63, 3.8) is 0 Å². The van der Waals surface area contributed by atoms with Gasteiger partial charge in [-0.05, 0) is 35.0 Å². The summed E-state index contributed by atoms with van der Waals surface area (Å²) < 4.78 is 7.88. The number of methoxy groups -OCH3 is 1. The Hall–Kier alpha value is -1.69. The van der Waals surface area contributed by atoms with Crippen molar-refractivity contribution in [1.29, 1.82) is 0 Å². The quantitative estimate of drug-likeness (QED) is 0.915. The summed E-state index contributed by atoms with van der Waals surface area (Å²) in [6.45, 7) is 1.88. The van der Waals surface area contributed by atoms with E-state index >= 15 is 0 Å². The largest absolute Gasteiger partial charge is 0.495 e. The van der Waals surface area contributed by atoms with E-state index in [1.165, 1.54) is 0 Å². The molecule has 96 valence electrons. The van der Waals surface area contributed by atoms with Crippen molar-refractivity contribution >= 4 is 33.1 Å². The lowest BCUT2D eigenvalue weighted by Crippen LogP contribution is -2.01. The molecule has 0 aliphatic carbocycles. The third kappa shape index (κ3) is 2.28. The molecule has 18 heavy (non-hydrogen) atoms. The van der Waals surface area contributed by atoms with Crippen LogP contribution in [0.3, 0.4) is 0 Å². The molecule has 2 rings (SSSR count). The number of benzene rings is 1. The zero-order valence-corrected chi connectivity index (χ0v) is 12.1. The van der Waals surface area contributed by atoms with E-state index in [1.54, 1.807) is 11.8 Å². The number of hydrogen-bond acceptors (Lipinski definition) is 4. The molecule has 2 aromatic rings. The predicted octanol–water partition coefficient (Wildman–Crippen LogP) is 2.83. The van der Waals surface area contributed by atoms with E-state index in [1.807, 2.05) is 32.2 Å². The summed E-state index contributed by atoms with van der Waals surface area (Å²) >= 11 is 3.41. The summed E-state index contributed by atoms with van der Waals surface area (Å²) in [5.74, 6) is 1.54. The standard InChI is InChI=1S/C12H15BrN4O/c1-7-11(14)12(17(2)16-7)15-8-4-5-9(13)10(6-8)18-3/h4-6,15H,14H2,1-3H3. The van der Waals surface area contributed by atoms with Gasteiger partial charge < -0.3 is 15.8 Å². The number of anilines is 3. The predicted molar refractivity (Wildman–Crippen MR) is 76.3 cm³/mol. The first-order chi connectivity index (χ1) is 8.52. The zero-order valence-electron chi connectivity index (χ0n) is 10.5. The fourth-order valence-corrected chi connectivity index (χ4v) is 2.11. The van der Waals surface area contributed by atoms with Crippen LogP contribution in [0.1, 0.15) is 5.69 Å². The fourth-order valence-electron chi connectivity index (χ4n) is 1.70. The van der Waals surface area contributed by atoms with Gasteiger partial charge in [-0.15, -0.1) is 0 Å². The summed E-state index contributed by atoms with van der Waals surface area (Å²) in [4.78, 5) is 0. The molecule has 0 saturated heterocycles. The molecule has 0 spiro atoms. The minimum absolute atomic E-state index is 0.652. The van der Waals surface area contributed by atoms with Crippen molar-refractivity contribution in [2.45, 2.75) is 6.92 Å². The number of aromatic nitrogens is 2. The fraction of sp³-hybridized carbons (Fsp3) is 0.250. The highest BCUT2D eigenvalue weighted by atomic mass is 79.9. The smallest absolute Gasteiger partial charge is 0.152 e. The van der Waals surface area contributed by atoms with Crippen LogP contribution in [-0.2, 0) is 7.05 Å². The highest BCUT2D eigenvalue weighted by Crippen LogP contribution is 2.31. The van der Waals surface area contributed by atoms with E-state index < -0.39 is 0 Å². The number of nitrogens with zero attached hydrogens (tertiary/aromatic N) is 2. The maximum absolute atomic E-state index is 5.97.